The first kappa shape index (κ1) is 18.7. The lowest BCUT2D eigenvalue weighted by Crippen LogP contribution is -2.56. The van der Waals surface area contributed by atoms with Crippen molar-refractivity contribution in [2.75, 3.05) is 7.11 Å². The van der Waals surface area contributed by atoms with Gasteiger partial charge in [0.1, 0.15) is 11.4 Å². The summed E-state index contributed by atoms with van der Waals surface area (Å²) < 4.78 is 10.6. The van der Waals surface area contributed by atoms with Gasteiger partial charge in [0.05, 0.1) is 7.11 Å². The van der Waals surface area contributed by atoms with Crippen LogP contribution in [0.5, 0.6) is 5.75 Å². The summed E-state index contributed by atoms with van der Waals surface area (Å²) >= 11 is 0. The molecular formula is C24H30N2O3. The second-order valence-electron chi connectivity index (χ2n) is 9.52. The van der Waals surface area contributed by atoms with Gasteiger partial charge in [-0.2, -0.15) is 0 Å². The van der Waals surface area contributed by atoms with Crippen LogP contribution >= 0.6 is 0 Å². The maximum atomic E-state index is 13.0. The Kier molecular flexibility index (Phi) is 4.64. The topological polar surface area (TPSA) is 64.4 Å². The van der Waals surface area contributed by atoms with E-state index in [0.717, 1.165) is 35.5 Å². The molecule has 5 heteroatoms. The van der Waals surface area contributed by atoms with Crippen molar-refractivity contribution in [1.82, 2.24) is 10.5 Å². The first-order valence-electron chi connectivity index (χ1n) is 11.0. The molecule has 0 saturated heterocycles. The van der Waals surface area contributed by atoms with E-state index in [1.807, 2.05) is 24.3 Å². The zero-order chi connectivity index (χ0) is 20.0. The molecule has 4 fully saturated rings. The van der Waals surface area contributed by atoms with Crippen molar-refractivity contribution in [2.45, 2.75) is 57.9 Å². The van der Waals surface area contributed by atoms with Crippen LogP contribution in [0.2, 0.25) is 0 Å². The molecule has 4 aliphatic rings. The molecule has 4 bridgehead atoms. The average Bonchev–Trinajstić information content (AvgIpc) is 3.21. The molecule has 4 aliphatic carbocycles. The maximum Gasteiger partial charge on any atom is 0.290 e. The van der Waals surface area contributed by atoms with Crippen LogP contribution in [-0.2, 0) is 0 Å². The van der Waals surface area contributed by atoms with E-state index in [2.05, 4.69) is 17.4 Å². The standard InChI is InChI=1S/C24H30N2O3/c1-3-22(24-12-15-8-16(13-24)10-17(9-15)14-24)25-23(27)21-11-20(26-29-21)18-4-6-19(28-2)7-5-18/h4-7,11,15-17,22H,3,8-10,12-14H2,1-2H3,(H,25,27)/t15?,16?,17?,22-,24?/m1/s1. The largest absolute Gasteiger partial charge is 0.497 e. The predicted octanol–water partition coefficient (Wildman–Crippen LogP) is 5.08. The maximum absolute atomic E-state index is 13.0. The van der Waals surface area contributed by atoms with E-state index in [4.69, 9.17) is 9.26 Å². The van der Waals surface area contributed by atoms with Crippen molar-refractivity contribution < 1.29 is 14.1 Å². The van der Waals surface area contributed by atoms with Crippen LogP contribution in [0.1, 0.15) is 62.4 Å². The third-order valence-electron chi connectivity index (χ3n) is 7.66. The summed E-state index contributed by atoms with van der Waals surface area (Å²) in [6, 6.07) is 9.56. The molecule has 0 aliphatic heterocycles. The number of hydrogen-bond donors (Lipinski definition) is 1. The number of carbonyl (C=O) groups excluding carboxylic acids is 1. The number of amides is 1. The van der Waals surface area contributed by atoms with Gasteiger partial charge in [-0.1, -0.05) is 12.1 Å². The van der Waals surface area contributed by atoms with Gasteiger partial charge in [-0.3, -0.25) is 4.79 Å². The number of aromatic nitrogens is 1. The lowest BCUT2D eigenvalue weighted by molar-refractivity contribution is -0.0728. The summed E-state index contributed by atoms with van der Waals surface area (Å²) in [4.78, 5) is 13.0. The van der Waals surface area contributed by atoms with E-state index < -0.39 is 0 Å². The minimum Gasteiger partial charge on any atom is -0.497 e. The van der Waals surface area contributed by atoms with Crippen LogP contribution in [0.4, 0.5) is 0 Å². The fourth-order valence-corrected chi connectivity index (χ4v) is 6.80. The number of ether oxygens (including phenoxy) is 1. The SMILES string of the molecule is CC[C@@H](NC(=O)c1cc(-c2ccc(OC)cc2)no1)C12CC3CC(CC(C3)C1)C2. The van der Waals surface area contributed by atoms with Gasteiger partial charge in [0.25, 0.3) is 5.91 Å². The Hall–Kier alpha value is -2.30. The molecule has 1 aromatic heterocycles. The Morgan fingerprint density at radius 3 is 2.34 bits per heavy atom. The number of methoxy groups -OCH3 is 1. The monoisotopic (exact) mass is 394 g/mol. The first-order valence-corrected chi connectivity index (χ1v) is 11.0. The third kappa shape index (κ3) is 3.34. The summed E-state index contributed by atoms with van der Waals surface area (Å²) in [6.07, 6.45) is 9.06. The fourth-order valence-electron chi connectivity index (χ4n) is 6.80. The normalized spacial score (nSPS) is 30.9. The van der Waals surface area contributed by atoms with Gasteiger partial charge >= 0.3 is 0 Å². The second kappa shape index (κ2) is 7.19. The van der Waals surface area contributed by atoms with Crippen molar-refractivity contribution >= 4 is 5.91 Å². The van der Waals surface area contributed by atoms with Crippen molar-refractivity contribution in [1.29, 1.82) is 0 Å². The van der Waals surface area contributed by atoms with E-state index in [0.29, 0.717) is 11.5 Å². The molecule has 6 rings (SSSR count). The highest BCUT2D eigenvalue weighted by Gasteiger charge is 2.54. The Morgan fingerprint density at radius 2 is 1.79 bits per heavy atom. The molecule has 0 spiro atoms. The summed E-state index contributed by atoms with van der Waals surface area (Å²) in [5, 5.41) is 7.44. The molecule has 0 unspecified atom stereocenters. The minimum atomic E-state index is -0.139. The quantitative estimate of drug-likeness (QED) is 0.742. The van der Waals surface area contributed by atoms with E-state index in [1.165, 1.54) is 38.5 Å². The van der Waals surface area contributed by atoms with Crippen molar-refractivity contribution in [3.05, 3.63) is 36.1 Å². The molecule has 1 aromatic carbocycles. The molecule has 154 valence electrons. The third-order valence-corrected chi connectivity index (χ3v) is 7.66. The Labute approximate surface area is 172 Å². The van der Waals surface area contributed by atoms with Gasteiger partial charge in [0.15, 0.2) is 0 Å². The van der Waals surface area contributed by atoms with Crippen LogP contribution in [0, 0.1) is 23.2 Å². The van der Waals surface area contributed by atoms with Crippen LogP contribution in [0.3, 0.4) is 0 Å². The molecule has 1 N–H and O–H groups in total. The number of carbonyl (C=O) groups is 1. The van der Waals surface area contributed by atoms with Crippen LogP contribution in [-0.4, -0.2) is 24.2 Å². The van der Waals surface area contributed by atoms with Gasteiger partial charge in [-0.05, 0) is 92.4 Å². The summed E-state index contributed by atoms with van der Waals surface area (Å²) in [5.74, 6) is 3.56. The van der Waals surface area contributed by atoms with E-state index in [9.17, 15) is 4.79 Å². The van der Waals surface area contributed by atoms with Crippen LogP contribution < -0.4 is 10.1 Å². The van der Waals surface area contributed by atoms with E-state index in [1.54, 1.807) is 13.2 Å². The number of hydrogen-bond acceptors (Lipinski definition) is 4. The Morgan fingerprint density at radius 1 is 1.17 bits per heavy atom. The van der Waals surface area contributed by atoms with E-state index in [-0.39, 0.29) is 17.4 Å². The summed E-state index contributed by atoms with van der Waals surface area (Å²) in [5.41, 5.74) is 1.86. The van der Waals surface area contributed by atoms with Crippen molar-refractivity contribution in [3.8, 4) is 17.0 Å². The average molecular weight is 395 g/mol. The minimum absolute atomic E-state index is 0.139. The smallest absolute Gasteiger partial charge is 0.290 e. The number of benzene rings is 1. The van der Waals surface area contributed by atoms with Crippen LogP contribution in [0.15, 0.2) is 34.9 Å². The van der Waals surface area contributed by atoms with Gasteiger partial charge in [-0.15, -0.1) is 0 Å². The highest BCUT2D eigenvalue weighted by Crippen LogP contribution is 2.61. The molecule has 2 aromatic rings. The molecule has 0 radical (unpaired) electrons. The molecule has 1 heterocycles. The predicted molar refractivity (Wildman–Crippen MR) is 111 cm³/mol. The molecular weight excluding hydrogens is 364 g/mol. The van der Waals surface area contributed by atoms with Crippen LogP contribution in [0.25, 0.3) is 11.3 Å². The highest BCUT2D eigenvalue weighted by atomic mass is 16.5. The van der Waals surface area contributed by atoms with Gasteiger partial charge < -0.3 is 14.6 Å². The molecule has 1 atom stereocenters. The Bertz CT molecular complexity index is 851. The van der Waals surface area contributed by atoms with Crippen molar-refractivity contribution in [3.63, 3.8) is 0 Å². The highest BCUT2D eigenvalue weighted by molar-refractivity contribution is 5.92. The van der Waals surface area contributed by atoms with Gasteiger partial charge in [0, 0.05) is 17.7 Å². The van der Waals surface area contributed by atoms with Gasteiger partial charge in [0.2, 0.25) is 5.76 Å². The lowest BCUT2D eigenvalue weighted by atomic mass is 9.47. The molecule has 5 nitrogen and oxygen atoms in total. The Balaban J connectivity index is 1.31. The number of nitrogens with zero attached hydrogens (tertiary/aromatic N) is 1. The zero-order valence-corrected chi connectivity index (χ0v) is 17.3. The van der Waals surface area contributed by atoms with E-state index >= 15 is 0 Å². The lowest BCUT2D eigenvalue weighted by Gasteiger charge is -2.59. The molecule has 29 heavy (non-hydrogen) atoms. The first-order chi connectivity index (χ1) is 14.1. The zero-order valence-electron chi connectivity index (χ0n) is 17.3. The second-order valence-corrected chi connectivity index (χ2v) is 9.52. The number of nitrogens with one attached hydrogen (secondary N) is 1. The van der Waals surface area contributed by atoms with Crippen molar-refractivity contribution in [2.24, 2.45) is 23.2 Å². The summed E-state index contributed by atoms with van der Waals surface area (Å²) in [6.45, 7) is 2.20. The van der Waals surface area contributed by atoms with Gasteiger partial charge in [-0.25, -0.2) is 0 Å². The molecule has 1 amide bonds. The number of rotatable bonds is 6. The summed E-state index contributed by atoms with van der Waals surface area (Å²) in [7, 11) is 1.64. The molecule has 4 saturated carbocycles. The fraction of sp³-hybridized carbons (Fsp3) is 0.583.